The second-order valence-electron chi connectivity index (χ2n) is 4.31. The van der Waals surface area contributed by atoms with Crippen LogP contribution in [0.15, 0.2) is 46.4 Å². The Morgan fingerprint density at radius 1 is 1.11 bits per heavy atom. The molecule has 0 bridgehead atoms. The summed E-state index contributed by atoms with van der Waals surface area (Å²) in [5.41, 5.74) is 1.97. The summed E-state index contributed by atoms with van der Waals surface area (Å²) in [6.07, 6.45) is 0. The van der Waals surface area contributed by atoms with Crippen molar-refractivity contribution in [3.05, 3.63) is 41.5 Å². The van der Waals surface area contributed by atoms with Gasteiger partial charge in [0.15, 0.2) is 0 Å². The summed E-state index contributed by atoms with van der Waals surface area (Å²) in [4.78, 5) is 0.186. The summed E-state index contributed by atoms with van der Waals surface area (Å²) in [5, 5.41) is 0. The van der Waals surface area contributed by atoms with E-state index in [4.69, 9.17) is 0 Å². The lowest BCUT2D eigenvalue weighted by Gasteiger charge is -2.26. The van der Waals surface area contributed by atoms with Crippen LogP contribution in [0.25, 0.3) is 0 Å². The van der Waals surface area contributed by atoms with Gasteiger partial charge in [0.1, 0.15) is 11.0 Å². The molecule has 1 aromatic rings. The zero-order valence-corrected chi connectivity index (χ0v) is 11.9. The molecular formula is C12H15NO3S2. The van der Waals surface area contributed by atoms with Crippen LogP contribution >= 0.6 is 0 Å². The fourth-order valence-corrected chi connectivity index (χ4v) is 5.18. The Morgan fingerprint density at radius 2 is 1.72 bits per heavy atom. The van der Waals surface area contributed by atoms with Gasteiger partial charge in [-0.15, -0.1) is 3.71 Å². The van der Waals surface area contributed by atoms with Gasteiger partial charge in [0.25, 0.3) is 10.0 Å². The Kier molecular flexibility index (Phi) is 3.70. The smallest absolute Gasteiger partial charge is 0.241 e. The Morgan fingerprint density at radius 3 is 2.33 bits per heavy atom. The third-order valence-electron chi connectivity index (χ3n) is 2.97. The first-order valence-corrected chi connectivity index (χ1v) is 8.26. The lowest BCUT2D eigenvalue weighted by Crippen LogP contribution is -2.38. The van der Waals surface area contributed by atoms with Crippen molar-refractivity contribution in [3.63, 3.8) is 0 Å². The monoisotopic (exact) mass is 285 g/mol. The SMILES string of the molecule is CC1=C(C)C[S@@](=O)N(S(=O)(=O)c2ccccc2)C1. The maximum absolute atomic E-state index is 12.4. The molecule has 0 aliphatic carbocycles. The van der Waals surface area contributed by atoms with Crippen molar-refractivity contribution in [2.24, 2.45) is 0 Å². The van der Waals surface area contributed by atoms with Gasteiger partial charge in [0, 0.05) is 6.54 Å². The van der Waals surface area contributed by atoms with Crippen LogP contribution in [0.3, 0.4) is 0 Å². The minimum atomic E-state index is -3.67. The van der Waals surface area contributed by atoms with Crippen LogP contribution in [-0.4, -0.2) is 28.6 Å². The summed E-state index contributed by atoms with van der Waals surface area (Å²) in [7, 11) is -5.18. The molecular weight excluding hydrogens is 270 g/mol. The van der Waals surface area contributed by atoms with Gasteiger partial charge in [0.2, 0.25) is 0 Å². The Bertz CT molecular complexity index is 605. The maximum Gasteiger partial charge on any atom is 0.254 e. The quantitative estimate of drug-likeness (QED) is 0.777. The van der Waals surface area contributed by atoms with Crippen molar-refractivity contribution in [1.29, 1.82) is 0 Å². The number of rotatable bonds is 2. The van der Waals surface area contributed by atoms with Crippen molar-refractivity contribution in [3.8, 4) is 0 Å². The van der Waals surface area contributed by atoms with Crippen molar-refractivity contribution >= 4 is 21.0 Å². The molecule has 1 heterocycles. The molecule has 0 saturated carbocycles. The van der Waals surface area contributed by atoms with Gasteiger partial charge in [-0.1, -0.05) is 29.3 Å². The van der Waals surface area contributed by atoms with E-state index in [2.05, 4.69) is 0 Å². The molecule has 0 spiro atoms. The largest absolute Gasteiger partial charge is 0.254 e. The Hall–Kier alpha value is -0.980. The first-order valence-electron chi connectivity index (χ1n) is 5.54. The van der Waals surface area contributed by atoms with Crippen molar-refractivity contribution in [2.75, 3.05) is 12.3 Å². The van der Waals surface area contributed by atoms with Crippen molar-refractivity contribution in [1.82, 2.24) is 3.71 Å². The van der Waals surface area contributed by atoms with Crippen LogP contribution in [-0.2, 0) is 21.0 Å². The molecule has 1 atom stereocenters. The third kappa shape index (κ3) is 2.41. The van der Waals surface area contributed by atoms with E-state index in [0.29, 0.717) is 0 Å². The molecule has 0 unspecified atom stereocenters. The van der Waals surface area contributed by atoms with Gasteiger partial charge in [-0.3, -0.25) is 0 Å². The van der Waals surface area contributed by atoms with E-state index in [0.717, 1.165) is 14.9 Å². The lowest BCUT2D eigenvalue weighted by atomic mass is 10.2. The third-order valence-corrected chi connectivity index (χ3v) is 6.86. The predicted octanol–water partition coefficient (Wildman–Crippen LogP) is 1.69. The lowest BCUT2D eigenvalue weighted by molar-refractivity contribution is 0.537. The molecule has 0 fully saturated rings. The molecule has 0 saturated heterocycles. The molecule has 0 radical (unpaired) electrons. The molecule has 18 heavy (non-hydrogen) atoms. The number of sulfonamides is 1. The highest BCUT2D eigenvalue weighted by Gasteiger charge is 2.32. The normalized spacial score (nSPS) is 22.2. The van der Waals surface area contributed by atoms with Crippen molar-refractivity contribution < 1.29 is 12.6 Å². The number of hydrogen-bond donors (Lipinski definition) is 0. The fraction of sp³-hybridized carbons (Fsp3) is 0.333. The maximum atomic E-state index is 12.4. The molecule has 0 aromatic heterocycles. The summed E-state index contributed by atoms with van der Waals surface area (Å²) in [6.45, 7) is 3.97. The van der Waals surface area contributed by atoms with E-state index >= 15 is 0 Å². The summed E-state index contributed by atoms with van der Waals surface area (Å²) >= 11 is 0. The molecule has 2 rings (SSSR count). The molecule has 1 aliphatic rings. The minimum Gasteiger partial charge on any atom is -0.241 e. The average Bonchev–Trinajstić information content (AvgIpc) is 2.34. The topological polar surface area (TPSA) is 54.5 Å². The van der Waals surface area contributed by atoms with Crippen LogP contribution in [0.1, 0.15) is 13.8 Å². The van der Waals surface area contributed by atoms with Gasteiger partial charge in [-0.25, -0.2) is 12.6 Å². The first-order chi connectivity index (χ1) is 8.43. The summed E-state index contributed by atoms with van der Waals surface area (Å²) in [5.74, 6) is 0.290. The van der Waals surface area contributed by atoms with E-state index in [1.165, 1.54) is 12.1 Å². The predicted molar refractivity (Wildman–Crippen MR) is 71.7 cm³/mol. The average molecular weight is 285 g/mol. The molecule has 6 heteroatoms. The Balaban J connectivity index is 2.41. The second kappa shape index (κ2) is 4.95. The molecule has 1 aliphatic heterocycles. The molecule has 0 N–H and O–H groups in total. The van der Waals surface area contributed by atoms with Crippen LogP contribution in [0.2, 0.25) is 0 Å². The van der Waals surface area contributed by atoms with Gasteiger partial charge in [-0.05, 0) is 26.0 Å². The highest BCUT2D eigenvalue weighted by molar-refractivity contribution is 8.01. The standard InChI is InChI=1S/C12H15NO3S2/c1-10-8-13(17(14)9-11(10)2)18(15,16)12-6-4-3-5-7-12/h3-7H,8-9H2,1-2H3/t17-/m1/s1. The molecule has 0 amide bonds. The van der Waals surface area contributed by atoms with E-state index < -0.39 is 21.0 Å². The van der Waals surface area contributed by atoms with Gasteiger partial charge >= 0.3 is 0 Å². The number of benzene rings is 1. The zero-order valence-electron chi connectivity index (χ0n) is 10.3. The summed E-state index contributed by atoms with van der Waals surface area (Å²) in [6, 6.07) is 8.11. The van der Waals surface area contributed by atoms with E-state index in [1.54, 1.807) is 18.2 Å². The van der Waals surface area contributed by atoms with Crippen LogP contribution < -0.4 is 0 Å². The molecule has 1 aromatic carbocycles. The first kappa shape index (κ1) is 13.5. The highest BCUT2D eigenvalue weighted by atomic mass is 32.3. The Labute approximate surface area is 110 Å². The van der Waals surface area contributed by atoms with Crippen LogP contribution in [0.5, 0.6) is 0 Å². The fourth-order valence-electron chi connectivity index (χ4n) is 1.69. The van der Waals surface area contributed by atoms with Gasteiger partial charge < -0.3 is 0 Å². The molecule has 98 valence electrons. The van der Waals surface area contributed by atoms with Crippen LogP contribution in [0.4, 0.5) is 0 Å². The molecule has 4 nitrogen and oxygen atoms in total. The zero-order chi connectivity index (χ0) is 13.3. The highest BCUT2D eigenvalue weighted by Crippen LogP contribution is 2.24. The van der Waals surface area contributed by atoms with E-state index in [1.807, 2.05) is 13.8 Å². The van der Waals surface area contributed by atoms with Gasteiger partial charge in [-0.2, -0.15) is 0 Å². The van der Waals surface area contributed by atoms with E-state index in [9.17, 15) is 12.6 Å². The van der Waals surface area contributed by atoms with E-state index in [-0.39, 0.29) is 17.2 Å². The number of hydrogen-bond acceptors (Lipinski definition) is 3. The van der Waals surface area contributed by atoms with Crippen molar-refractivity contribution in [2.45, 2.75) is 18.7 Å². The minimum absolute atomic E-state index is 0.186. The summed E-state index contributed by atoms with van der Waals surface area (Å²) < 4.78 is 37.8. The second-order valence-corrected chi connectivity index (χ2v) is 7.77. The van der Waals surface area contributed by atoms with Crippen LogP contribution in [0, 0.1) is 0 Å². The van der Waals surface area contributed by atoms with Gasteiger partial charge in [0.05, 0.1) is 10.6 Å². The number of nitrogens with zero attached hydrogens (tertiary/aromatic N) is 1.